The van der Waals surface area contributed by atoms with Gasteiger partial charge in [-0.2, -0.15) is 0 Å². The Balaban J connectivity index is 2.54. The van der Waals surface area contributed by atoms with Crippen molar-refractivity contribution in [2.24, 2.45) is 0 Å². The van der Waals surface area contributed by atoms with Crippen LogP contribution in [0.15, 0.2) is 24.3 Å². The highest BCUT2D eigenvalue weighted by atomic mass is 35.5. The average molecular weight is 284 g/mol. The number of hydrogen-bond donors (Lipinski definition) is 2. The van der Waals surface area contributed by atoms with Crippen LogP contribution >= 0.6 is 11.6 Å². The smallest absolute Gasteiger partial charge is 0.305 e. The average Bonchev–Trinajstić information content (AvgIpc) is 2.27. The largest absolute Gasteiger partial charge is 0.481 e. The first-order valence-electron chi connectivity index (χ1n) is 6.27. The monoisotopic (exact) mass is 283 g/mol. The van der Waals surface area contributed by atoms with E-state index in [2.05, 4.69) is 5.32 Å². The van der Waals surface area contributed by atoms with E-state index in [1.807, 2.05) is 13.0 Å². The Morgan fingerprint density at radius 3 is 2.74 bits per heavy atom. The number of aliphatic carboxylic acids is 1. The van der Waals surface area contributed by atoms with Crippen molar-refractivity contribution in [3.05, 3.63) is 34.9 Å². The van der Waals surface area contributed by atoms with Crippen LogP contribution in [0.3, 0.4) is 0 Å². The van der Waals surface area contributed by atoms with Crippen molar-refractivity contribution in [3.63, 3.8) is 0 Å². The number of carboxylic acid groups (broad SMARTS) is 1. The van der Waals surface area contributed by atoms with Crippen LogP contribution in [-0.4, -0.2) is 23.0 Å². The highest BCUT2D eigenvalue weighted by Crippen LogP contribution is 2.11. The van der Waals surface area contributed by atoms with Gasteiger partial charge in [-0.05, 0) is 24.1 Å². The summed E-state index contributed by atoms with van der Waals surface area (Å²) in [7, 11) is 0. The zero-order valence-corrected chi connectivity index (χ0v) is 11.6. The molecule has 19 heavy (non-hydrogen) atoms. The van der Waals surface area contributed by atoms with E-state index in [0.29, 0.717) is 11.4 Å². The molecule has 104 valence electrons. The zero-order chi connectivity index (χ0) is 14.3. The summed E-state index contributed by atoms with van der Waals surface area (Å²) in [5.74, 6) is -1.08. The van der Waals surface area contributed by atoms with Gasteiger partial charge in [-0.3, -0.25) is 9.59 Å². The van der Waals surface area contributed by atoms with E-state index in [1.54, 1.807) is 18.2 Å². The van der Waals surface area contributed by atoms with Gasteiger partial charge in [-0.1, -0.05) is 37.1 Å². The summed E-state index contributed by atoms with van der Waals surface area (Å²) < 4.78 is 0. The van der Waals surface area contributed by atoms with Crippen LogP contribution in [0.5, 0.6) is 0 Å². The van der Waals surface area contributed by atoms with Gasteiger partial charge in [0, 0.05) is 11.1 Å². The van der Waals surface area contributed by atoms with Crippen LogP contribution in [0.2, 0.25) is 5.02 Å². The second-order valence-electron chi connectivity index (χ2n) is 4.46. The van der Waals surface area contributed by atoms with Gasteiger partial charge < -0.3 is 10.4 Å². The lowest BCUT2D eigenvalue weighted by Gasteiger charge is -2.16. The number of benzene rings is 1. The fourth-order valence-electron chi connectivity index (χ4n) is 1.90. The standard InChI is InChI=1S/C14H18ClNO3/c1-2-4-12(9-14(18)19)16-13(17)8-10-5-3-6-11(15)7-10/h3,5-7,12H,2,4,8-9H2,1H3,(H,16,17)(H,18,19). The van der Waals surface area contributed by atoms with Crippen LogP contribution < -0.4 is 5.32 Å². The summed E-state index contributed by atoms with van der Waals surface area (Å²) in [6.07, 6.45) is 1.65. The number of amides is 1. The molecule has 1 amide bonds. The molecule has 1 rings (SSSR count). The molecule has 0 radical (unpaired) electrons. The normalized spacial score (nSPS) is 11.9. The van der Waals surface area contributed by atoms with Crippen molar-refractivity contribution in [2.45, 2.75) is 38.6 Å². The van der Waals surface area contributed by atoms with E-state index in [1.165, 1.54) is 0 Å². The molecule has 0 saturated heterocycles. The first-order chi connectivity index (χ1) is 9.01. The molecule has 0 aromatic heterocycles. The molecule has 0 fully saturated rings. The topological polar surface area (TPSA) is 66.4 Å². The Kier molecular flexibility index (Phi) is 6.36. The van der Waals surface area contributed by atoms with Crippen LogP contribution in [0.4, 0.5) is 0 Å². The molecule has 0 aliphatic heterocycles. The molecule has 0 bridgehead atoms. The molecule has 1 atom stereocenters. The van der Waals surface area contributed by atoms with Gasteiger partial charge in [0.1, 0.15) is 0 Å². The van der Waals surface area contributed by atoms with E-state index < -0.39 is 5.97 Å². The lowest BCUT2D eigenvalue weighted by molar-refractivity contribution is -0.137. The molecular weight excluding hydrogens is 266 g/mol. The zero-order valence-electron chi connectivity index (χ0n) is 10.9. The first kappa shape index (κ1) is 15.5. The van der Waals surface area contributed by atoms with E-state index >= 15 is 0 Å². The van der Waals surface area contributed by atoms with Crippen LogP contribution in [0.25, 0.3) is 0 Å². The van der Waals surface area contributed by atoms with Crippen LogP contribution in [0, 0.1) is 0 Å². The maximum absolute atomic E-state index is 11.8. The van der Waals surface area contributed by atoms with Crippen molar-refractivity contribution in [1.82, 2.24) is 5.32 Å². The number of rotatable bonds is 7. The minimum absolute atomic E-state index is 0.0465. The number of nitrogens with one attached hydrogen (secondary N) is 1. The summed E-state index contributed by atoms with van der Waals surface area (Å²) in [6, 6.07) is 6.76. The predicted molar refractivity (Wildman–Crippen MR) is 74.2 cm³/mol. The summed E-state index contributed by atoms with van der Waals surface area (Å²) in [6.45, 7) is 1.96. The molecule has 1 aromatic rings. The fourth-order valence-corrected chi connectivity index (χ4v) is 2.11. The Morgan fingerprint density at radius 2 is 2.16 bits per heavy atom. The molecule has 0 spiro atoms. The van der Waals surface area contributed by atoms with E-state index in [4.69, 9.17) is 16.7 Å². The molecule has 4 nitrogen and oxygen atoms in total. The quantitative estimate of drug-likeness (QED) is 0.808. The maximum Gasteiger partial charge on any atom is 0.305 e. The molecule has 0 aliphatic carbocycles. The van der Waals surface area contributed by atoms with Crippen LogP contribution in [0.1, 0.15) is 31.7 Å². The number of halogens is 1. The fraction of sp³-hybridized carbons (Fsp3) is 0.429. The van der Waals surface area contributed by atoms with Gasteiger partial charge in [-0.15, -0.1) is 0 Å². The minimum Gasteiger partial charge on any atom is -0.481 e. The van der Waals surface area contributed by atoms with E-state index in [9.17, 15) is 9.59 Å². The molecular formula is C14H18ClNO3. The third kappa shape index (κ3) is 6.25. The highest BCUT2D eigenvalue weighted by molar-refractivity contribution is 6.30. The summed E-state index contributed by atoms with van der Waals surface area (Å²) in [4.78, 5) is 22.5. The predicted octanol–water partition coefficient (Wildman–Crippen LogP) is 2.64. The molecule has 1 aromatic carbocycles. The van der Waals surface area contributed by atoms with Gasteiger partial charge in [0.25, 0.3) is 0 Å². The van der Waals surface area contributed by atoms with Gasteiger partial charge in [0.05, 0.1) is 12.8 Å². The number of carbonyl (C=O) groups excluding carboxylic acids is 1. The highest BCUT2D eigenvalue weighted by Gasteiger charge is 2.15. The van der Waals surface area contributed by atoms with Gasteiger partial charge >= 0.3 is 5.97 Å². The Hall–Kier alpha value is -1.55. The molecule has 0 heterocycles. The molecule has 2 N–H and O–H groups in total. The Bertz CT molecular complexity index is 448. The third-order valence-corrected chi connectivity index (χ3v) is 2.91. The lowest BCUT2D eigenvalue weighted by Crippen LogP contribution is -2.37. The van der Waals surface area contributed by atoms with Crippen molar-refractivity contribution >= 4 is 23.5 Å². The number of carbonyl (C=O) groups is 2. The van der Waals surface area contributed by atoms with Gasteiger partial charge in [-0.25, -0.2) is 0 Å². The summed E-state index contributed by atoms with van der Waals surface area (Å²) >= 11 is 5.84. The van der Waals surface area contributed by atoms with Crippen molar-refractivity contribution in [3.8, 4) is 0 Å². The second kappa shape index (κ2) is 7.79. The third-order valence-electron chi connectivity index (χ3n) is 2.68. The van der Waals surface area contributed by atoms with Crippen LogP contribution in [-0.2, 0) is 16.0 Å². The summed E-state index contributed by atoms with van der Waals surface area (Å²) in [5.41, 5.74) is 0.815. The Morgan fingerprint density at radius 1 is 1.42 bits per heavy atom. The Labute approximate surface area is 117 Å². The minimum atomic E-state index is -0.901. The van der Waals surface area contributed by atoms with Crippen molar-refractivity contribution in [2.75, 3.05) is 0 Å². The number of hydrogen-bond acceptors (Lipinski definition) is 2. The molecule has 0 aliphatic rings. The molecule has 0 saturated carbocycles. The molecule has 5 heteroatoms. The van der Waals surface area contributed by atoms with E-state index in [-0.39, 0.29) is 24.8 Å². The maximum atomic E-state index is 11.8. The molecule has 1 unspecified atom stereocenters. The van der Waals surface area contributed by atoms with Crippen molar-refractivity contribution < 1.29 is 14.7 Å². The summed E-state index contributed by atoms with van der Waals surface area (Å²) in [5, 5.41) is 12.1. The van der Waals surface area contributed by atoms with Gasteiger partial charge in [0.15, 0.2) is 0 Å². The second-order valence-corrected chi connectivity index (χ2v) is 4.89. The first-order valence-corrected chi connectivity index (χ1v) is 6.64. The van der Waals surface area contributed by atoms with Crippen molar-refractivity contribution in [1.29, 1.82) is 0 Å². The lowest BCUT2D eigenvalue weighted by atomic mass is 10.1. The number of carboxylic acids is 1. The van der Waals surface area contributed by atoms with E-state index in [0.717, 1.165) is 12.0 Å². The SMILES string of the molecule is CCCC(CC(=O)O)NC(=O)Cc1cccc(Cl)c1. The van der Waals surface area contributed by atoms with Gasteiger partial charge in [0.2, 0.25) is 5.91 Å².